The van der Waals surface area contributed by atoms with Crippen molar-refractivity contribution in [2.45, 2.75) is 13.5 Å². The number of nitrogens with one attached hydrogen (secondary N) is 1. The van der Waals surface area contributed by atoms with Crippen molar-refractivity contribution in [2.75, 3.05) is 13.6 Å². The molecule has 1 N–H and O–H groups in total. The highest BCUT2D eigenvalue weighted by molar-refractivity contribution is 7.80. The van der Waals surface area contributed by atoms with Gasteiger partial charge >= 0.3 is 0 Å². The van der Waals surface area contributed by atoms with Crippen LogP contribution in [0.4, 0.5) is 0 Å². The van der Waals surface area contributed by atoms with Crippen molar-refractivity contribution in [3.05, 3.63) is 34.9 Å². The van der Waals surface area contributed by atoms with Gasteiger partial charge in [0.05, 0.1) is 0 Å². The van der Waals surface area contributed by atoms with E-state index in [9.17, 15) is 0 Å². The van der Waals surface area contributed by atoms with E-state index in [4.69, 9.17) is 23.8 Å². The van der Waals surface area contributed by atoms with Crippen molar-refractivity contribution in [3.63, 3.8) is 0 Å². The van der Waals surface area contributed by atoms with Gasteiger partial charge in [-0.1, -0.05) is 23.7 Å². The molecule has 0 saturated heterocycles. The third-order valence-electron chi connectivity index (χ3n) is 1.98. The lowest BCUT2D eigenvalue weighted by Gasteiger charge is -2.20. The van der Waals surface area contributed by atoms with Crippen molar-refractivity contribution in [1.29, 1.82) is 0 Å². The Hall–Kier alpha value is -0.800. The zero-order chi connectivity index (χ0) is 11.3. The number of hydrogen-bond acceptors (Lipinski definition) is 1. The van der Waals surface area contributed by atoms with Gasteiger partial charge < -0.3 is 10.2 Å². The Kier molecular flexibility index (Phi) is 4.85. The van der Waals surface area contributed by atoms with Crippen LogP contribution in [0.2, 0.25) is 5.02 Å². The Morgan fingerprint density at radius 1 is 1.53 bits per heavy atom. The van der Waals surface area contributed by atoms with E-state index >= 15 is 0 Å². The maximum atomic E-state index is 5.90. The minimum Gasteiger partial charge on any atom is -0.363 e. The quantitative estimate of drug-likeness (QED) is 0.821. The Morgan fingerprint density at radius 2 is 2.27 bits per heavy atom. The molecular formula is C11H15ClN2S. The molecule has 0 fully saturated rings. The Labute approximate surface area is 101 Å². The summed E-state index contributed by atoms with van der Waals surface area (Å²) < 4.78 is 0. The molecular weight excluding hydrogens is 228 g/mol. The summed E-state index contributed by atoms with van der Waals surface area (Å²) in [6.07, 6.45) is 0. The van der Waals surface area contributed by atoms with Crippen molar-refractivity contribution < 1.29 is 0 Å². The molecule has 2 nitrogen and oxygen atoms in total. The summed E-state index contributed by atoms with van der Waals surface area (Å²) in [6, 6.07) is 7.80. The number of nitrogens with zero attached hydrogens (tertiary/aromatic N) is 1. The predicted octanol–water partition coefficient (Wildman–Crippen LogP) is 2.67. The van der Waals surface area contributed by atoms with Gasteiger partial charge in [0.2, 0.25) is 0 Å². The van der Waals surface area contributed by atoms with Gasteiger partial charge in [0, 0.05) is 25.2 Å². The lowest BCUT2D eigenvalue weighted by Crippen LogP contribution is -2.36. The molecule has 0 aromatic heterocycles. The zero-order valence-corrected chi connectivity index (χ0v) is 10.5. The van der Waals surface area contributed by atoms with Crippen LogP contribution in [0.5, 0.6) is 0 Å². The van der Waals surface area contributed by atoms with Crippen molar-refractivity contribution in [3.8, 4) is 0 Å². The third-order valence-corrected chi connectivity index (χ3v) is 2.67. The van der Waals surface area contributed by atoms with Crippen LogP contribution in [0.25, 0.3) is 0 Å². The van der Waals surface area contributed by atoms with E-state index in [-0.39, 0.29) is 0 Å². The summed E-state index contributed by atoms with van der Waals surface area (Å²) >= 11 is 11.1. The van der Waals surface area contributed by atoms with Gasteiger partial charge in [0.1, 0.15) is 0 Å². The first-order valence-corrected chi connectivity index (χ1v) is 5.65. The number of rotatable bonds is 3. The molecule has 1 rings (SSSR count). The molecule has 1 aromatic rings. The van der Waals surface area contributed by atoms with Crippen molar-refractivity contribution in [1.82, 2.24) is 10.2 Å². The molecule has 0 bridgehead atoms. The monoisotopic (exact) mass is 242 g/mol. The highest BCUT2D eigenvalue weighted by atomic mass is 35.5. The molecule has 0 atom stereocenters. The SMILES string of the molecule is CCNC(=S)N(C)Cc1cccc(Cl)c1. The molecule has 0 amide bonds. The summed E-state index contributed by atoms with van der Waals surface area (Å²) in [5.74, 6) is 0. The van der Waals surface area contributed by atoms with Gasteiger partial charge in [0.15, 0.2) is 5.11 Å². The fourth-order valence-electron chi connectivity index (χ4n) is 1.27. The van der Waals surface area contributed by atoms with Crippen LogP contribution in [0.15, 0.2) is 24.3 Å². The summed E-state index contributed by atoms with van der Waals surface area (Å²) in [5, 5.41) is 4.63. The maximum Gasteiger partial charge on any atom is 0.168 e. The number of benzene rings is 1. The van der Waals surface area contributed by atoms with Crippen LogP contribution in [-0.4, -0.2) is 23.6 Å². The molecule has 4 heteroatoms. The third kappa shape index (κ3) is 4.06. The van der Waals surface area contributed by atoms with Gasteiger partial charge in [-0.25, -0.2) is 0 Å². The van der Waals surface area contributed by atoms with Crippen LogP contribution >= 0.6 is 23.8 Å². The summed E-state index contributed by atoms with van der Waals surface area (Å²) in [7, 11) is 1.96. The van der Waals surface area contributed by atoms with Gasteiger partial charge in [-0.15, -0.1) is 0 Å². The number of thiocarbonyl (C=S) groups is 1. The van der Waals surface area contributed by atoms with E-state index in [2.05, 4.69) is 5.32 Å². The second-order valence-electron chi connectivity index (χ2n) is 3.32. The molecule has 1 aromatic carbocycles. The Morgan fingerprint density at radius 3 is 2.87 bits per heavy atom. The minimum atomic E-state index is 0.760. The topological polar surface area (TPSA) is 15.3 Å². The molecule has 0 spiro atoms. The highest BCUT2D eigenvalue weighted by Crippen LogP contribution is 2.12. The summed E-state index contributed by atoms with van der Waals surface area (Å²) in [6.45, 7) is 3.64. The predicted molar refractivity (Wildman–Crippen MR) is 69.2 cm³/mol. The molecule has 15 heavy (non-hydrogen) atoms. The second kappa shape index (κ2) is 5.93. The van der Waals surface area contributed by atoms with Crippen LogP contribution in [0.1, 0.15) is 12.5 Å². The van der Waals surface area contributed by atoms with E-state index in [1.807, 2.05) is 43.1 Å². The molecule has 0 aliphatic rings. The number of halogens is 1. The van der Waals surface area contributed by atoms with E-state index < -0.39 is 0 Å². The molecule has 0 unspecified atom stereocenters. The molecule has 0 heterocycles. The maximum absolute atomic E-state index is 5.90. The van der Waals surface area contributed by atoms with Gasteiger partial charge in [0.25, 0.3) is 0 Å². The Balaban J connectivity index is 2.58. The van der Waals surface area contributed by atoms with Crippen LogP contribution in [0.3, 0.4) is 0 Å². The lowest BCUT2D eigenvalue weighted by molar-refractivity contribution is 0.491. The molecule has 0 aliphatic heterocycles. The van der Waals surface area contributed by atoms with Crippen LogP contribution in [0, 0.1) is 0 Å². The van der Waals surface area contributed by atoms with E-state index in [1.54, 1.807) is 0 Å². The zero-order valence-electron chi connectivity index (χ0n) is 8.96. The average Bonchev–Trinajstić information content (AvgIpc) is 2.18. The minimum absolute atomic E-state index is 0.760. The fraction of sp³-hybridized carbons (Fsp3) is 0.364. The molecule has 0 aliphatic carbocycles. The van der Waals surface area contributed by atoms with Gasteiger partial charge in [-0.3, -0.25) is 0 Å². The Bertz CT molecular complexity index is 341. The summed E-state index contributed by atoms with van der Waals surface area (Å²) in [5.41, 5.74) is 1.16. The first kappa shape index (κ1) is 12.3. The van der Waals surface area contributed by atoms with Gasteiger partial charge in [-0.05, 0) is 36.8 Å². The molecule has 0 saturated carbocycles. The highest BCUT2D eigenvalue weighted by Gasteiger charge is 2.03. The van der Waals surface area contributed by atoms with E-state index in [0.29, 0.717) is 0 Å². The lowest BCUT2D eigenvalue weighted by atomic mass is 10.2. The number of hydrogen-bond donors (Lipinski definition) is 1. The molecule has 0 radical (unpaired) electrons. The van der Waals surface area contributed by atoms with E-state index in [0.717, 1.165) is 28.8 Å². The summed E-state index contributed by atoms with van der Waals surface area (Å²) in [4.78, 5) is 1.99. The standard InChI is InChI=1S/C11H15ClN2S/c1-3-13-11(15)14(2)8-9-5-4-6-10(12)7-9/h4-7H,3,8H2,1-2H3,(H,13,15). The first-order valence-electron chi connectivity index (χ1n) is 4.87. The first-order chi connectivity index (χ1) is 7.13. The normalized spacial score (nSPS) is 9.80. The van der Waals surface area contributed by atoms with E-state index in [1.165, 1.54) is 0 Å². The average molecular weight is 243 g/mol. The molecule has 82 valence electrons. The second-order valence-corrected chi connectivity index (χ2v) is 4.14. The van der Waals surface area contributed by atoms with Crippen molar-refractivity contribution in [2.24, 2.45) is 0 Å². The fourth-order valence-corrected chi connectivity index (χ4v) is 1.69. The van der Waals surface area contributed by atoms with Crippen LogP contribution in [-0.2, 0) is 6.54 Å². The van der Waals surface area contributed by atoms with Crippen LogP contribution < -0.4 is 5.32 Å². The van der Waals surface area contributed by atoms with Crippen molar-refractivity contribution >= 4 is 28.9 Å². The smallest absolute Gasteiger partial charge is 0.168 e. The van der Waals surface area contributed by atoms with Gasteiger partial charge in [-0.2, -0.15) is 0 Å². The largest absolute Gasteiger partial charge is 0.363 e.